The van der Waals surface area contributed by atoms with Gasteiger partial charge >= 0.3 is 0 Å². The van der Waals surface area contributed by atoms with Crippen LogP contribution in [0.4, 0.5) is 5.95 Å². The first kappa shape index (κ1) is 10.9. The average molecular weight is 225 g/mol. The van der Waals surface area contributed by atoms with Crippen LogP contribution in [0.3, 0.4) is 0 Å². The van der Waals surface area contributed by atoms with Gasteiger partial charge in [-0.1, -0.05) is 0 Å². The molecule has 1 saturated heterocycles. The van der Waals surface area contributed by atoms with Gasteiger partial charge < -0.3 is 9.88 Å². The van der Waals surface area contributed by atoms with E-state index < -0.39 is 0 Å². The van der Waals surface area contributed by atoms with Crippen LogP contribution in [0, 0.1) is 0 Å². The van der Waals surface area contributed by atoms with Crippen molar-refractivity contribution in [2.24, 2.45) is 0 Å². The summed E-state index contributed by atoms with van der Waals surface area (Å²) in [5.41, 5.74) is 0. The SMILES string of the molecule is CC(C)n1ccnc1NC1CCCSC1. The highest BCUT2D eigenvalue weighted by Crippen LogP contribution is 2.21. The maximum Gasteiger partial charge on any atom is 0.203 e. The molecule has 3 nitrogen and oxygen atoms in total. The number of aromatic nitrogens is 2. The largest absolute Gasteiger partial charge is 0.352 e. The summed E-state index contributed by atoms with van der Waals surface area (Å²) in [5, 5.41) is 3.54. The molecule has 4 heteroatoms. The van der Waals surface area contributed by atoms with Gasteiger partial charge in [0.25, 0.3) is 0 Å². The van der Waals surface area contributed by atoms with E-state index in [1.54, 1.807) is 0 Å². The van der Waals surface area contributed by atoms with Crippen molar-refractivity contribution >= 4 is 17.7 Å². The summed E-state index contributed by atoms with van der Waals surface area (Å²) >= 11 is 2.04. The number of anilines is 1. The van der Waals surface area contributed by atoms with Crippen LogP contribution in [-0.2, 0) is 0 Å². The smallest absolute Gasteiger partial charge is 0.203 e. The molecule has 1 aromatic heterocycles. The first-order valence-electron chi connectivity index (χ1n) is 5.64. The molecule has 0 spiro atoms. The van der Waals surface area contributed by atoms with Crippen LogP contribution in [-0.4, -0.2) is 27.1 Å². The highest BCUT2D eigenvalue weighted by Gasteiger charge is 2.15. The third-order valence-corrected chi connectivity index (χ3v) is 3.93. The second-order valence-corrected chi connectivity index (χ2v) is 5.46. The van der Waals surface area contributed by atoms with Gasteiger partial charge in [-0.15, -0.1) is 0 Å². The Kier molecular flexibility index (Phi) is 3.57. The van der Waals surface area contributed by atoms with E-state index in [1.807, 2.05) is 24.2 Å². The molecular weight excluding hydrogens is 206 g/mol. The van der Waals surface area contributed by atoms with E-state index in [1.165, 1.54) is 24.3 Å². The molecule has 1 N–H and O–H groups in total. The van der Waals surface area contributed by atoms with E-state index in [0.717, 1.165) is 5.95 Å². The average Bonchev–Trinajstić information content (AvgIpc) is 2.67. The van der Waals surface area contributed by atoms with Crippen molar-refractivity contribution in [2.75, 3.05) is 16.8 Å². The zero-order valence-corrected chi connectivity index (χ0v) is 10.3. The third-order valence-electron chi connectivity index (χ3n) is 2.72. The molecule has 2 heterocycles. The van der Waals surface area contributed by atoms with Gasteiger partial charge in [-0.05, 0) is 32.4 Å². The maximum atomic E-state index is 4.37. The van der Waals surface area contributed by atoms with Crippen LogP contribution in [0.2, 0.25) is 0 Å². The first-order valence-corrected chi connectivity index (χ1v) is 6.80. The lowest BCUT2D eigenvalue weighted by atomic mass is 10.2. The molecule has 1 aromatic rings. The molecule has 0 aliphatic carbocycles. The Morgan fingerprint density at radius 2 is 2.47 bits per heavy atom. The summed E-state index contributed by atoms with van der Waals surface area (Å²) in [7, 11) is 0. The monoisotopic (exact) mass is 225 g/mol. The predicted molar refractivity (Wildman–Crippen MR) is 66.6 cm³/mol. The number of thioether (sulfide) groups is 1. The molecule has 0 amide bonds. The number of nitrogens with one attached hydrogen (secondary N) is 1. The van der Waals surface area contributed by atoms with E-state index in [9.17, 15) is 0 Å². The van der Waals surface area contributed by atoms with Crippen molar-refractivity contribution < 1.29 is 0 Å². The maximum absolute atomic E-state index is 4.37. The lowest BCUT2D eigenvalue weighted by Crippen LogP contribution is -2.27. The molecule has 0 aromatic carbocycles. The fourth-order valence-corrected chi connectivity index (χ4v) is 2.95. The number of nitrogens with zero attached hydrogens (tertiary/aromatic N) is 2. The molecule has 1 aliphatic rings. The quantitative estimate of drug-likeness (QED) is 0.858. The molecule has 0 saturated carbocycles. The minimum atomic E-state index is 0.478. The van der Waals surface area contributed by atoms with Crippen LogP contribution < -0.4 is 5.32 Å². The number of hydrogen-bond acceptors (Lipinski definition) is 3. The Morgan fingerprint density at radius 3 is 3.13 bits per heavy atom. The lowest BCUT2D eigenvalue weighted by molar-refractivity contribution is 0.592. The molecule has 1 atom stereocenters. The Labute approximate surface area is 95.7 Å². The van der Waals surface area contributed by atoms with E-state index >= 15 is 0 Å². The van der Waals surface area contributed by atoms with Crippen molar-refractivity contribution in [3.8, 4) is 0 Å². The highest BCUT2D eigenvalue weighted by atomic mass is 32.2. The van der Waals surface area contributed by atoms with Gasteiger partial charge in [0, 0.05) is 30.2 Å². The zero-order chi connectivity index (χ0) is 10.7. The Bertz CT molecular complexity index is 303. The first-order chi connectivity index (χ1) is 7.27. The van der Waals surface area contributed by atoms with Crippen molar-refractivity contribution in [2.45, 2.75) is 38.8 Å². The van der Waals surface area contributed by atoms with Gasteiger partial charge in [-0.3, -0.25) is 0 Å². The second-order valence-electron chi connectivity index (χ2n) is 4.31. The molecule has 1 aliphatic heterocycles. The van der Waals surface area contributed by atoms with Crippen molar-refractivity contribution in [3.05, 3.63) is 12.4 Å². The number of imidazole rings is 1. The molecule has 1 fully saturated rings. The van der Waals surface area contributed by atoms with Gasteiger partial charge in [0.2, 0.25) is 5.95 Å². The Hall–Kier alpha value is -0.640. The van der Waals surface area contributed by atoms with E-state index in [2.05, 4.69) is 28.7 Å². The highest BCUT2D eigenvalue weighted by molar-refractivity contribution is 7.99. The predicted octanol–water partition coefficient (Wildman–Crippen LogP) is 2.77. The zero-order valence-electron chi connectivity index (χ0n) is 9.44. The molecule has 1 unspecified atom stereocenters. The standard InChI is InChI=1S/C11H19N3S/c1-9(2)14-6-5-12-11(14)13-10-4-3-7-15-8-10/h5-6,9-10H,3-4,7-8H2,1-2H3,(H,12,13). The summed E-state index contributed by atoms with van der Waals surface area (Å²) < 4.78 is 2.19. The van der Waals surface area contributed by atoms with Gasteiger partial charge in [0.1, 0.15) is 0 Å². The molecule has 2 rings (SSSR count). The molecule has 0 radical (unpaired) electrons. The summed E-state index contributed by atoms with van der Waals surface area (Å²) in [6, 6.07) is 1.08. The van der Waals surface area contributed by atoms with E-state index in [-0.39, 0.29) is 0 Å². The van der Waals surface area contributed by atoms with Crippen LogP contribution in [0.1, 0.15) is 32.7 Å². The minimum absolute atomic E-state index is 0.478. The molecular formula is C11H19N3S. The van der Waals surface area contributed by atoms with Crippen LogP contribution in [0.5, 0.6) is 0 Å². The lowest BCUT2D eigenvalue weighted by Gasteiger charge is -2.24. The summed E-state index contributed by atoms with van der Waals surface area (Å²) in [4.78, 5) is 4.37. The molecule has 15 heavy (non-hydrogen) atoms. The fraction of sp³-hybridized carbons (Fsp3) is 0.727. The molecule has 84 valence electrons. The van der Waals surface area contributed by atoms with E-state index in [4.69, 9.17) is 0 Å². The summed E-state index contributed by atoms with van der Waals surface area (Å²) in [5.74, 6) is 3.55. The second kappa shape index (κ2) is 4.92. The third kappa shape index (κ3) is 2.68. The Balaban J connectivity index is 1.99. The Morgan fingerprint density at radius 1 is 1.60 bits per heavy atom. The van der Waals surface area contributed by atoms with Gasteiger partial charge in [0.05, 0.1) is 0 Å². The van der Waals surface area contributed by atoms with Gasteiger partial charge in [-0.25, -0.2) is 4.98 Å². The van der Waals surface area contributed by atoms with Crippen LogP contribution in [0.15, 0.2) is 12.4 Å². The summed E-state index contributed by atoms with van der Waals surface area (Å²) in [6.45, 7) is 4.37. The van der Waals surface area contributed by atoms with Crippen molar-refractivity contribution in [1.29, 1.82) is 0 Å². The van der Waals surface area contributed by atoms with Crippen LogP contribution >= 0.6 is 11.8 Å². The van der Waals surface area contributed by atoms with Crippen LogP contribution in [0.25, 0.3) is 0 Å². The molecule has 0 bridgehead atoms. The fourth-order valence-electron chi connectivity index (χ4n) is 1.88. The van der Waals surface area contributed by atoms with E-state index in [0.29, 0.717) is 12.1 Å². The number of rotatable bonds is 3. The van der Waals surface area contributed by atoms with Gasteiger partial charge in [0.15, 0.2) is 0 Å². The van der Waals surface area contributed by atoms with Gasteiger partial charge in [-0.2, -0.15) is 11.8 Å². The topological polar surface area (TPSA) is 29.9 Å². The van der Waals surface area contributed by atoms with Crippen molar-refractivity contribution in [1.82, 2.24) is 9.55 Å². The minimum Gasteiger partial charge on any atom is -0.352 e. The summed E-state index contributed by atoms with van der Waals surface area (Å²) in [6.07, 6.45) is 6.52. The van der Waals surface area contributed by atoms with Crippen molar-refractivity contribution in [3.63, 3.8) is 0 Å². The normalized spacial score (nSPS) is 21.9. The number of hydrogen-bond donors (Lipinski definition) is 1.